The molecule has 118 valence electrons. The van der Waals surface area contributed by atoms with Crippen LogP contribution in [0.25, 0.3) is 5.65 Å². The summed E-state index contributed by atoms with van der Waals surface area (Å²) < 4.78 is 1.25. The summed E-state index contributed by atoms with van der Waals surface area (Å²) in [6.07, 6.45) is 1.49. The van der Waals surface area contributed by atoms with Crippen molar-refractivity contribution < 1.29 is 4.79 Å². The van der Waals surface area contributed by atoms with Crippen LogP contribution in [0.4, 0.5) is 5.69 Å². The molecule has 2 aromatic heterocycles. The Balaban J connectivity index is 1.90. The highest BCUT2D eigenvalue weighted by Crippen LogP contribution is 2.18. The number of hydrogen-bond donors (Lipinski definition) is 2. The van der Waals surface area contributed by atoms with E-state index in [4.69, 9.17) is 0 Å². The summed E-state index contributed by atoms with van der Waals surface area (Å²) in [5, 5.41) is 5.58. The molecule has 6 heteroatoms. The first-order valence-corrected chi connectivity index (χ1v) is 7.45. The average Bonchev–Trinajstić information content (AvgIpc) is 2.91. The largest absolute Gasteiger partial charge is 0.322 e. The number of carbonyl (C=O) groups excluding carboxylic acids is 1. The van der Waals surface area contributed by atoms with Crippen molar-refractivity contribution in [2.75, 3.05) is 5.32 Å². The van der Waals surface area contributed by atoms with Crippen LogP contribution in [0.2, 0.25) is 0 Å². The van der Waals surface area contributed by atoms with Crippen LogP contribution >= 0.6 is 0 Å². The Labute approximate surface area is 133 Å². The zero-order chi connectivity index (χ0) is 16.6. The molecule has 6 nitrogen and oxygen atoms in total. The van der Waals surface area contributed by atoms with Gasteiger partial charge >= 0.3 is 0 Å². The molecular weight excluding hydrogens is 292 g/mol. The van der Waals surface area contributed by atoms with Crippen LogP contribution in [-0.2, 0) is 0 Å². The first-order valence-electron chi connectivity index (χ1n) is 7.45. The fraction of sp³-hybridized carbons (Fsp3) is 0.235. The van der Waals surface area contributed by atoms with Crippen molar-refractivity contribution in [2.45, 2.75) is 26.7 Å². The zero-order valence-electron chi connectivity index (χ0n) is 13.3. The Kier molecular flexibility index (Phi) is 3.73. The molecule has 1 amide bonds. The SMILES string of the molecule is Cc1cc(=O)n2[nH]cc(C(=O)Nc3ccc(C(C)C)cc3)c2n1. The molecule has 0 bridgehead atoms. The highest BCUT2D eigenvalue weighted by molar-refractivity contribution is 6.08. The maximum absolute atomic E-state index is 12.4. The predicted molar refractivity (Wildman–Crippen MR) is 89.0 cm³/mol. The third kappa shape index (κ3) is 2.88. The minimum Gasteiger partial charge on any atom is -0.322 e. The van der Waals surface area contributed by atoms with E-state index in [0.717, 1.165) is 0 Å². The molecule has 0 radical (unpaired) electrons. The Hall–Kier alpha value is -2.89. The van der Waals surface area contributed by atoms with Crippen LogP contribution in [0.3, 0.4) is 0 Å². The molecule has 3 aromatic rings. The van der Waals surface area contributed by atoms with E-state index in [9.17, 15) is 9.59 Å². The summed E-state index contributed by atoms with van der Waals surface area (Å²) in [6, 6.07) is 9.13. The van der Waals surface area contributed by atoms with Crippen LogP contribution in [0.1, 0.15) is 41.4 Å². The first-order chi connectivity index (χ1) is 11.0. The van der Waals surface area contributed by atoms with E-state index in [-0.39, 0.29) is 11.5 Å². The van der Waals surface area contributed by atoms with Gasteiger partial charge in [-0.15, -0.1) is 0 Å². The van der Waals surface area contributed by atoms with Gasteiger partial charge in [0.05, 0.1) is 0 Å². The number of fused-ring (bicyclic) bond motifs is 1. The molecule has 0 aliphatic heterocycles. The number of carbonyl (C=O) groups is 1. The molecule has 0 aliphatic carbocycles. The maximum Gasteiger partial charge on any atom is 0.272 e. The molecule has 0 saturated carbocycles. The van der Waals surface area contributed by atoms with E-state index in [2.05, 4.69) is 29.2 Å². The van der Waals surface area contributed by atoms with Crippen molar-refractivity contribution in [3.05, 3.63) is 63.7 Å². The lowest BCUT2D eigenvalue weighted by Crippen LogP contribution is -2.16. The second kappa shape index (κ2) is 5.72. The van der Waals surface area contributed by atoms with E-state index in [1.54, 1.807) is 6.92 Å². The van der Waals surface area contributed by atoms with E-state index in [1.165, 1.54) is 22.3 Å². The number of anilines is 1. The molecule has 0 saturated heterocycles. The summed E-state index contributed by atoms with van der Waals surface area (Å²) in [5.74, 6) is 0.131. The Morgan fingerprint density at radius 1 is 1.26 bits per heavy atom. The zero-order valence-corrected chi connectivity index (χ0v) is 13.3. The van der Waals surface area contributed by atoms with Gasteiger partial charge in [0.1, 0.15) is 5.56 Å². The van der Waals surface area contributed by atoms with Crippen molar-refractivity contribution in [2.24, 2.45) is 0 Å². The van der Waals surface area contributed by atoms with Gasteiger partial charge in [-0.05, 0) is 30.5 Å². The van der Waals surface area contributed by atoms with Crippen LogP contribution in [-0.4, -0.2) is 20.5 Å². The van der Waals surface area contributed by atoms with Crippen molar-refractivity contribution in [1.82, 2.24) is 14.6 Å². The van der Waals surface area contributed by atoms with Crippen molar-refractivity contribution in [1.29, 1.82) is 0 Å². The van der Waals surface area contributed by atoms with Gasteiger partial charge in [-0.3, -0.25) is 14.7 Å². The van der Waals surface area contributed by atoms with E-state index in [0.29, 0.717) is 28.5 Å². The molecule has 23 heavy (non-hydrogen) atoms. The minimum absolute atomic E-state index is 0.243. The average molecular weight is 310 g/mol. The fourth-order valence-electron chi connectivity index (χ4n) is 2.41. The lowest BCUT2D eigenvalue weighted by atomic mass is 10.0. The molecule has 3 rings (SSSR count). The Morgan fingerprint density at radius 2 is 1.96 bits per heavy atom. The van der Waals surface area contributed by atoms with Crippen LogP contribution in [0.15, 0.2) is 41.3 Å². The second-order valence-electron chi connectivity index (χ2n) is 5.81. The van der Waals surface area contributed by atoms with Crippen molar-refractivity contribution >= 4 is 17.2 Å². The molecule has 0 fully saturated rings. The Morgan fingerprint density at radius 3 is 2.61 bits per heavy atom. The number of aryl methyl sites for hydroxylation is 1. The number of nitrogens with zero attached hydrogens (tertiary/aromatic N) is 2. The molecule has 0 aliphatic rings. The molecule has 2 heterocycles. The maximum atomic E-state index is 12.4. The number of nitrogens with one attached hydrogen (secondary N) is 2. The summed E-state index contributed by atoms with van der Waals surface area (Å²) in [5.41, 5.74) is 2.90. The third-order valence-corrected chi connectivity index (χ3v) is 3.71. The number of aromatic nitrogens is 3. The van der Waals surface area contributed by atoms with Gasteiger partial charge in [-0.1, -0.05) is 26.0 Å². The highest BCUT2D eigenvalue weighted by Gasteiger charge is 2.15. The quantitative estimate of drug-likeness (QED) is 0.780. The molecule has 1 aromatic carbocycles. The normalized spacial score (nSPS) is 11.1. The lowest BCUT2D eigenvalue weighted by molar-refractivity contribution is 0.102. The lowest BCUT2D eigenvalue weighted by Gasteiger charge is -2.08. The van der Waals surface area contributed by atoms with Gasteiger partial charge < -0.3 is 5.32 Å². The van der Waals surface area contributed by atoms with E-state index < -0.39 is 0 Å². The summed E-state index contributed by atoms with van der Waals surface area (Å²) in [4.78, 5) is 28.6. The smallest absolute Gasteiger partial charge is 0.272 e. The number of hydrogen-bond acceptors (Lipinski definition) is 3. The number of amides is 1. The van der Waals surface area contributed by atoms with Crippen LogP contribution in [0, 0.1) is 6.92 Å². The summed E-state index contributed by atoms with van der Waals surface area (Å²) >= 11 is 0. The van der Waals surface area contributed by atoms with Gasteiger partial charge in [-0.25, -0.2) is 9.50 Å². The van der Waals surface area contributed by atoms with Gasteiger partial charge in [0, 0.05) is 23.6 Å². The third-order valence-electron chi connectivity index (χ3n) is 3.71. The Bertz CT molecular complexity index is 920. The van der Waals surface area contributed by atoms with Crippen LogP contribution in [0.5, 0.6) is 0 Å². The molecule has 0 atom stereocenters. The highest BCUT2D eigenvalue weighted by atomic mass is 16.2. The van der Waals surface area contributed by atoms with Gasteiger partial charge in [0.25, 0.3) is 11.5 Å². The van der Waals surface area contributed by atoms with Gasteiger partial charge in [-0.2, -0.15) is 0 Å². The number of aromatic amines is 1. The molecular formula is C17H18N4O2. The topological polar surface area (TPSA) is 79.3 Å². The van der Waals surface area contributed by atoms with E-state index >= 15 is 0 Å². The molecule has 0 spiro atoms. The second-order valence-corrected chi connectivity index (χ2v) is 5.81. The number of benzene rings is 1. The van der Waals surface area contributed by atoms with Gasteiger partial charge in [0.2, 0.25) is 0 Å². The monoisotopic (exact) mass is 310 g/mol. The predicted octanol–water partition coefficient (Wildman–Crippen LogP) is 2.71. The fourth-order valence-corrected chi connectivity index (χ4v) is 2.41. The first kappa shape index (κ1) is 15.0. The molecule has 2 N–H and O–H groups in total. The van der Waals surface area contributed by atoms with Crippen LogP contribution < -0.4 is 10.9 Å². The van der Waals surface area contributed by atoms with Gasteiger partial charge in [0.15, 0.2) is 5.65 Å². The standard InChI is InChI=1S/C17H18N4O2/c1-10(2)12-4-6-13(7-5-12)20-17(23)14-9-18-21-15(22)8-11(3)19-16(14)21/h4-10,18H,1-3H3,(H,20,23). The minimum atomic E-state index is -0.307. The number of rotatable bonds is 3. The number of H-pyrrole nitrogens is 1. The summed E-state index contributed by atoms with van der Waals surface area (Å²) in [7, 11) is 0. The van der Waals surface area contributed by atoms with Crippen molar-refractivity contribution in [3.8, 4) is 0 Å². The summed E-state index contributed by atoms with van der Waals surface area (Å²) in [6.45, 7) is 5.96. The van der Waals surface area contributed by atoms with E-state index in [1.807, 2.05) is 24.3 Å². The van der Waals surface area contributed by atoms with Crippen molar-refractivity contribution in [3.63, 3.8) is 0 Å². The molecule has 0 unspecified atom stereocenters.